The summed E-state index contributed by atoms with van der Waals surface area (Å²) >= 11 is 0. The summed E-state index contributed by atoms with van der Waals surface area (Å²) in [6, 6.07) is 3.92. The first kappa shape index (κ1) is 12.2. The van der Waals surface area contributed by atoms with E-state index in [2.05, 4.69) is 28.6 Å². The standard InChI is InChI=1S/C13H21N3O/c1-3-15(4-2)8-9-16-10-11-17-12-6-5-7-14-13(12)16/h5-7H,3-4,8-11H2,1-2H3. The predicted octanol–water partition coefficient (Wildman–Crippen LogP) is 1.62. The van der Waals surface area contributed by atoms with Crippen molar-refractivity contribution in [3.05, 3.63) is 18.3 Å². The highest BCUT2D eigenvalue weighted by Gasteiger charge is 2.18. The quantitative estimate of drug-likeness (QED) is 0.775. The molecular formula is C13H21N3O. The Balaban J connectivity index is 1.99. The number of fused-ring (bicyclic) bond motifs is 1. The second-order valence-electron chi connectivity index (χ2n) is 4.19. The molecule has 0 bridgehead atoms. The Hall–Kier alpha value is -1.29. The Morgan fingerprint density at radius 3 is 3.00 bits per heavy atom. The minimum Gasteiger partial charge on any atom is -0.488 e. The summed E-state index contributed by atoms with van der Waals surface area (Å²) in [7, 11) is 0. The highest BCUT2D eigenvalue weighted by Crippen LogP contribution is 2.27. The van der Waals surface area contributed by atoms with Crippen LogP contribution in [0.25, 0.3) is 0 Å². The highest BCUT2D eigenvalue weighted by atomic mass is 16.5. The molecule has 2 heterocycles. The second-order valence-corrected chi connectivity index (χ2v) is 4.19. The lowest BCUT2D eigenvalue weighted by Crippen LogP contribution is -2.39. The third-order valence-electron chi connectivity index (χ3n) is 3.25. The first-order valence-electron chi connectivity index (χ1n) is 6.40. The molecule has 4 nitrogen and oxygen atoms in total. The molecule has 1 aliphatic rings. The minimum atomic E-state index is 0.761. The summed E-state index contributed by atoms with van der Waals surface area (Å²) < 4.78 is 5.60. The van der Waals surface area contributed by atoms with E-state index in [0.29, 0.717) is 0 Å². The van der Waals surface area contributed by atoms with Gasteiger partial charge in [0.2, 0.25) is 0 Å². The van der Waals surface area contributed by atoms with Gasteiger partial charge in [-0.05, 0) is 25.2 Å². The first-order valence-corrected chi connectivity index (χ1v) is 6.40. The van der Waals surface area contributed by atoms with Crippen LogP contribution in [0.2, 0.25) is 0 Å². The van der Waals surface area contributed by atoms with Crippen molar-refractivity contribution in [2.75, 3.05) is 44.2 Å². The van der Waals surface area contributed by atoms with Gasteiger partial charge in [-0.25, -0.2) is 4.98 Å². The Kier molecular flexibility index (Phi) is 4.20. The molecule has 0 radical (unpaired) electrons. The van der Waals surface area contributed by atoms with Crippen molar-refractivity contribution in [1.82, 2.24) is 9.88 Å². The van der Waals surface area contributed by atoms with Gasteiger partial charge in [0.05, 0.1) is 6.54 Å². The number of likely N-dealkylation sites (N-methyl/N-ethyl adjacent to an activating group) is 1. The zero-order valence-electron chi connectivity index (χ0n) is 10.7. The molecule has 0 fully saturated rings. The average molecular weight is 235 g/mol. The maximum atomic E-state index is 5.60. The van der Waals surface area contributed by atoms with Crippen LogP contribution in [-0.2, 0) is 0 Å². The number of ether oxygens (including phenoxy) is 1. The van der Waals surface area contributed by atoms with E-state index in [0.717, 1.165) is 50.9 Å². The Morgan fingerprint density at radius 1 is 1.41 bits per heavy atom. The average Bonchev–Trinajstić information content (AvgIpc) is 2.40. The van der Waals surface area contributed by atoms with Gasteiger partial charge in [0.15, 0.2) is 11.6 Å². The normalized spacial score (nSPS) is 14.6. The molecule has 0 unspecified atom stereocenters. The zero-order chi connectivity index (χ0) is 12.1. The summed E-state index contributed by atoms with van der Waals surface area (Å²) in [5.41, 5.74) is 0. The fourth-order valence-corrected chi connectivity index (χ4v) is 2.12. The zero-order valence-corrected chi connectivity index (χ0v) is 10.7. The lowest BCUT2D eigenvalue weighted by molar-refractivity contribution is 0.284. The van der Waals surface area contributed by atoms with Gasteiger partial charge in [0.25, 0.3) is 0 Å². The molecule has 94 valence electrons. The second kappa shape index (κ2) is 5.87. The van der Waals surface area contributed by atoms with E-state index < -0.39 is 0 Å². The van der Waals surface area contributed by atoms with Crippen molar-refractivity contribution in [2.24, 2.45) is 0 Å². The maximum Gasteiger partial charge on any atom is 0.171 e. The molecule has 0 spiro atoms. The SMILES string of the molecule is CCN(CC)CCN1CCOc2cccnc21. The number of rotatable bonds is 5. The van der Waals surface area contributed by atoms with Gasteiger partial charge in [-0.15, -0.1) is 0 Å². The van der Waals surface area contributed by atoms with Crippen molar-refractivity contribution in [3.63, 3.8) is 0 Å². The van der Waals surface area contributed by atoms with Gasteiger partial charge in [0, 0.05) is 19.3 Å². The number of hydrogen-bond acceptors (Lipinski definition) is 4. The summed E-state index contributed by atoms with van der Waals surface area (Å²) in [5.74, 6) is 1.91. The van der Waals surface area contributed by atoms with Gasteiger partial charge in [-0.2, -0.15) is 0 Å². The van der Waals surface area contributed by atoms with Gasteiger partial charge in [-0.1, -0.05) is 13.8 Å². The molecule has 0 amide bonds. The molecule has 17 heavy (non-hydrogen) atoms. The Labute approximate surface area is 103 Å². The number of aromatic nitrogens is 1. The molecular weight excluding hydrogens is 214 g/mol. The summed E-state index contributed by atoms with van der Waals surface area (Å²) in [6.45, 7) is 10.4. The maximum absolute atomic E-state index is 5.60. The van der Waals surface area contributed by atoms with Crippen LogP contribution in [0, 0.1) is 0 Å². The molecule has 0 aromatic carbocycles. The summed E-state index contributed by atoms with van der Waals surface area (Å²) in [5, 5.41) is 0. The first-order chi connectivity index (χ1) is 8.35. The van der Waals surface area contributed by atoms with Crippen molar-refractivity contribution >= 4 is 5.82 Å². The van der Waals surface area contributed by atoms with E-state index in [1.165, 1.54) is 0 Å². The predicted molar refractivity (Wildman–Crippen MR) is 69.7 cm³/mol. The number of nitrogens with zero attached hydrogens (tertiary/aromatic N) is 3. The minimum absolute atomic E-state index is 0.761. The van der Waals surface area contributed by atoms with Crippen LogP contribution in [0.4, 0.5) is 5.82 Å². The van der Waals surface area contributed by atoms with Crippen LogP contribution in [0.3, 0.4) is 0 Å². The van der Waals surface area contributed by atoms with Crippen LogP contribution in [0.15, 0.2) is 18.3 Å². The number of pyridine rings is 1. The summed E-state index contributed by atoms with van der Waals surface area (Å²) in [6.07, 6.45) is 1.83. The fraction of sp³-hybridized carbons (Fsp3) is 0.615. The molecule has 4 heteroatoms. The fourth-order valence-electron chi connectivity index (χ4n) is 2.12. The van der Waals surface area contributed by atoms with Crippen molar-refractivity contribution < 1.29 is 4.74 Å². The number of anilines is 1. The largest absolute Gasteiger partial charge is 0.488 e. The number of hydrogen-bond donors (Lipinski definition) is 0. The molecule has 0 atom stereocenters. The molecule has 0 saturated carbocycles. The van der Waals surface area contributed by atoms with Crippen molar-refractivity contribution in [1.29, 1.82) is 0 Å². The topological polar surface area (TPSA) is 28.6 Å². The molecule has 0 N–H and O–H groups in total. The monoisotopic (exact) mass is 235 g/mol. The molecule has 1 aromatic rings. The summed E-state index contributed by atoms with van der Waals surface area (Å²) in [4.78, 5) is 9.16. The lowest BCUT2D eigenvalue weighted by atomic mass is 10.3. The van der Waals surface area contributed by atoms with E-state index >= 15 is 0 Å². The highest BCUT2D eigenvalue weighted by molar-refractivity contribution is 5.53. The van der Waals surface area contributed by atoms with Gasteiger partial charge in [-0.3, -0.25) is 0 Å². The van der Waals surface area contributed by atoms with Crippen LogP contribution < -0.4 is 9.64 Å². The lowest BCUT2D eigenvalue weighted by Gasteiger charge is -2.31. The van der Waals surface area contributed by atoms with Crippen LogP contribution >= 0.6 is 0 Å². The van der Waals surface area contributed by atoms with Crippen molar-refractivity contribution in [2.45, 2.75) is 13.8 Å². The van der Waals surface area contributed by atoms with Crippen molar-refractivity contribution in [3.8, 4) is 5.75 Å². The Morgan fingerprint density at radius 2 is 2.24 bits per heavy atom. The van der Waals surface area contributed by atoms with E-state index in [4.69, 9.17) is 4.74 Å². The van der Waals surface area contributed by atoms with Crippen LogP contribution in [0.5, 0.6) is 5.75 Å². The van der Waals surface area contributed by atoms with Gasteiger partial charge >= 0.3 is 0 Å². The van der Waals surface area contributed by atoms with Gasteiger partial charge in [0.1, 0.15) is 6.61 Å². The van der Waals surface area contributed by atoms with Gasteiger partial charge < -0.3 is 14.5 Å². The molecule has 1 aliphatic heterocycles. The third-order valence-corrected chi connectivity index (χ3v) is 3.25. The van der Waals surface area contributed by atoms with E-state index in [9.17, 15) is 0 Å². The van der Waals surface area contributed by atoms with E-state index in [1.807, 2.05) is 18.3 Å². The van der Waals surface area contributed by atoms with Crippen LogP contribution in [0.1, 0.15) is 13.8 Å². The molecule has 0 aliphatic carbocycles. The molecule has 2 rings (SSSR count). The smallest absolute Gasteiger partial charge is 0.171 e. The molecule has 1 aromatic heterocycles. The molecule has 0 saturated heterocycles. The van der Waals surface area contributed by atoms with E-state index in [-0.39, 0.29) is 0 Å². The van der Waals surface area contributed by atoms with E-state index in [1.54, 1.807) is 0 Å². The third kappa shape index (κ3) is 2.88. The Bertz CT molecular complexity index is 352. The van der Waals surface area contributed by atoms with Crippen LogP contribution in [-0.4, -0.2) is 49.2 Å².